The van der Waals surface area contributed by atoms with Crippen LogP contribution in [0.5, 0.6) is 0 Å². The van der Waals surface area contributed by atoms with Gasteiger partial charge in [0.1, 0.15) is 0 Å². The lowest BCUT2D eigenvalue weighted by molar-refractivity contribution is -0.385. The first-order chi connectivity index (χ1) is 11.4. The summed E-state index contributed by atoms with van der Waals surface area (Å²) in [5, 5.41) is 14.1. The molecule has 3 rings (SSSR count). The van der Waals surface area contributed by atoms with Crippen LogP contribution < -0.4 is 11.1 Å². The number of hydrogen-bond acceptors (Lipinski definition) is 4. The molecule has 0 spiro atoms. The number of nitrogens with two attached hydrogens (primary N) is 1. The summed E-state index contributed by atoms with van der Waals surface area (Å²) in [7, 11) is 0. The van der Waals surface area contributed by atoms with Crippen LogP contribution in [-0.4, -0.2) is 22.8 Å². The molecule has 1 aromatic carbocycles. The average molecular weight is 331 g/mol. The van der Waals surface area contributed by atoms with Crippen LogP contribution in [0.4, 0.5) is 5.69 Å². The molecular weight excluding hydrogens is 310 g/mol. The monoisotopic (exact) mass is 331 g/mol. The van der Waals surface area contributed by atoms with Gasteiger partial charge in [0.15, 0.2) is 0 Å². The molecule has 4 atom stereocenters. The molecule has 24 heavy (non-hydrogen) atoms. The molecule has 0 aromatic heterocycles. The van der Waals surface area contributed by atoms with Crippen molar-refractivity contribution in [1.82, 2.24) is 5.32 Å². The zero-order chi connectivity index (χ0) is 17.4. The van der Waals surface area contributed by atoms with Crippen LogP contribution in [0.1, 0.15) is 42.1 Å². The molecule has 2 bridgehead atoms. The third kappa shape index (κ3) is 2.74. The lowest BCUT2D eigenvalue weighted by atomic mass is 9.84. The van der Waals surface area contributed by atoms with Crippen molar-refractivity contribution < 1.29 is 14.5 Å². The summed E-state index contributed by atoms with van der Waals surface area (Å²) >= 11 is 0. The topological polar surface area (TPSA) is 115 Å². The van der Waals surface area contributed by atoms with E-state index in [1.165, 1.54) is 6.07 Å². The number of nitro groups is 1. The third-order valence-corrected chi connectivity index (χ3v) is 5.47. The van der Waals surface area contributed by atoms with Crippen LogP contribution in [-0.2, 0) is 11.2 Å². The molecule has 0 unspecified atom stereocenters. The number of nitrogens with zero attached hydrogens (tertiary/aromatic N) is 1. The van der Waals surface area contributed by atoms with Gasteiger partial charge in [0.2, 0.25) is 5.91 Å². The van der Waals surface area contributed by atoms with Crippen LogP contribution in [0, 0.1) is 27.9 Å². The number of rotatable bonds is 5. The van der Waals surface area contributed by atoms with Gasteiger partial charge < -0.3 is 11.1 Å². The molecule has 2 amide bonds. The molecule has 7 heteroatoms. The fourth-order valence-corrected chi connectivity index (χ4v) is 4.32. The summed E-state index contributed by atoms with van der Waals surface area (Å²) in [6.07, 6.45) is 3.39. The minimum atomic E-state index is -0.473. The van der Waals surface area contributed by atoms with Crippen LogP contribution in [0.15, 0.2) is 18.2 Å². The molecule has 3 N–H and O–H groups in total. The summed E-state index contributed by atoms with van der Waals surface area (Å²) in [4.78, 5) is 34.9. The third-order valence-electron chi connectivity index (χ3n) is 5.47. The van der Waals surface area contributed by atoms with Crippen molar-refractivity contribution in [3.05, 3.63) is 39.4 Å². The first-order valence-corrected chi connectivity index (χ1v) is 8.29. The van der Waals surface area contributed by atoms with Crippen molar-refractivity contribution in [2.24, 2.45) is 23.5 Å². The predicted molar refractivity (Wildman–Crippen MR) is 87.2 cm³/mol. The van der Waals surface area contributed by atoms with E-state index in [4.69, 9.17) is 5.73 Å². The Hall–Kier alpha value is -2.44. The quantitative estimate of drug-likeness (QED) is 0.632. The smallest absolute Gasteiger partial charge is 0.273 e. The molecule has 2 fully saturated rings. The largest absolute Gasteiger partial charge is 0.369 e. The second kappa shape index (κ2) is 6.22. The number of fused-ring (bicyclic) bond motifs is 2. The van der Waals surface area contributed by atoms with Crippen molar-refractivity contribution in [3.8, 4) is 0 Å². The summed E-state index contributed by atoms with van der Waals surface area (Å²) in [6.45, 7) is 1.83. The first-order valence-electron chi connectivity index (χ1n) is 8.29. The van der Waals surface area contributed by atoms with Crippen molar-refractivity contribution in [1.29, 1.82) is 0 Å². The van der Waals surface area contributed by atoms with Gasteiger partial charge in [-0.3, -0.25) is 19.7 Å². The Kier molecular flexibility index (Phi) is 4.26. The van der Waals surface area contributed by atoms with Gasteiger partial charge in [-0.05, 0) is 43.6 Å². The summed E-state index contributed by atoms with van der Waals surface area (Å²) in [5.41, 5.74) is 6.29. The van der Waals surface area contributed by atoms with E-state index in [2.05, 4.69) is 5.32 Å². The Morgan fingerprint density at radius 2 is 2.04 bits per heavy atom. The van der Waals surface area contributed by atoms with Crippen LogP contribution in [0.25, 0.3) is 0 Å². The van der Waals surface area contributed by atoms with Crippen molar-refractivity contribution in [2.75, 3.05) is 0 Å². The Balaban J connectivity index is 1.81. The summed E-state index contributed by atoms with van der Waals surface area (Å²) in [6, 6.07) is 4.24. The van der Waals surface area contributed by atoms with Crippen molar-refractivity contribution >= 4 is 17.5 Å². The number of carbonyl (C=O) groups is 2. The molecule has 0 aliphatic heterocycles. The minimum Gasteiger partial charge on any atom is -0.369 e. The molecule has 0 heterocycles. The van der Waals surface area contributed by atoms with Gasteiger partial charge in [-0.25, -0.2) is 0 Å². The van der Waals surface area contributed by atoms with Gasteiger partial charge >= 0.3 is 0 Å². The molecule has 0 radical (unpaired) electrons. The van der Waals surface area contributed by atoms with E-state index in [9.17, 15) is 19.7 Å². The number of amides is 2. The summed E-state index contributed by atoms with van der Waals surface area (Å²) < 4.78 is 0. The van der Waals surface area contributed by atoms with E-state index in [0.29, 0.717) is 12.0 Å². The minimum absolute atomic E-state index is 0.0513. The van der Waals surface area contributed by atoms with Crippen molar-refractivity contribution in [3.63, 3.8) is 0 Å². The van der Waals surface area contributed by atoms with Gasteiger partial charge in [0, 0.05) is 23.2 Å². The molecule has 128 valence electrons. The Morgan fingerprint density at radius 3 is 2.67 bits per heavy atom. The molecule has 2 aliphatic rings. The van der Waals surface area contributed by atoms with Crippen LogP contribution in [0.3, 0.4) is 0 Å². The van der Waals surface area contributed by atoms with Gasteiger partial charge in [0.05, 0.1) is 10.8 Å². The number of benzene rings is 1. The predicted octanol–water partition coefficient (Wildman–Crippen LogP) is 1.79. The standard InChI is InChI=1S/C17H21N3O4/c1-2-9-3-6-12(8-13(9)20(23)24)17(22)19-15-11-5-4-10(7-11)14(15)16(18)21/h3,6,8,10-11,14-15H,2,4-5,7H2,1H3,(H2,18,21)(H,19,22)/t10-,11-,14+,15-/m0/s1. The van der Waals surface area contributed by atoms with E-state index in [0.717, 1.165) is 19.3 Å². The normalized spacial score (nSPS) is 27.9. The fraction of sp³-hybridized carbons (Fsp3) is 0.529. The number of hydrogen-bond donors (Lipinski definition) is 2. The number of nitro benzene ring substituents is 1. The van der Waals surface area contributed by atoms with Gasteiger partial charge in [-0.2, -0.15) is 0 Å². The van der Waals surface area contributed by atoms with E-state index < -0.39 is 4.92 Å². The number of aryl methyl sites for hydroxylation is 1. The van der Waals surface area contributed by atoms with Gasteiger partial charge in [-0.1, -0.05) is 13.0 Å². The zero-order valence-corrected chi connectivity index (χ0v) is 13.5. The molecule has 1 aromatic rings. The molecule has 2 saturated carbocycles. The van der Waals surface area contributed by atoms with E-state index >= 15 is 0 Å². The van der Waals surface area contributed by atoms with E-state index in [-0.39, 0.29) is 46.9 Å². The molecular formula is C17H21N3O4. The lowest BCUT2D eigenvalue weighted by Gasteiger charge is -2.29. The van der Waals surface area contributed by atoms with E-state index in [1.54, 1.807) is 12.1 Å². The van der Waals surface area contributed by atoms with Crippen molar-refractivity contribution in [2.45, 2.75) is 38.6 Å². The highest BCUT2D eigenvalue weighted by Gasteiger charge is 2.50. The van der Waals surface area contributed by atoms with Crippen LogP contribution in [0.2, 0.25) is 0 Å². The van der Waals surface area contributed by atoms with Gasteiger partial charge in [-0.15, -0.1) is 0 Å². The molecule has 0 saturated heterocycles. The summed E-state index contributed by atoms with van der Waals surface area (Å²) in [5.74, 6) is -0.585. The second-order valence-electron chi connectivity index (χ2n) is 6.71. The highest BCUT2D eigenvalue weighted by atomic mass is 16.6. The van der Waals surface area contributed by atoms with Gasteiger partial charge in [0.25, 0.3) is 11.6 Å². The SMILES string of the molecule is CCc1ccc(C(=O)N[C@H]2[C@H]3CC[C@@H](C3)[C@H]2C(N)=O)cc1[N+](=O)[O-]. The molecule has 2 aliphatic carbocycles. The maximum absolute atomic E-state index is 12.5. The Labute approximate surface area is 139 Å². The maximum atomic E-state index is 12.5. The number of carbonyl (C=O) groups excluding carboxylic acids is 2. The number of nitrogens with one attached hydrogen (secondary N) is 1. The zero-order valence-electron chi connectivity index (χ0n) is 13.5. The lowest BCUT2D eigenvalue weighted by Crippen LogP contribution is -2.48. The van der Waals surface area contributed by atoms with Crippen LogP contribution >= 0.6 is 0 Å². The first kappa shape index (κ1) is 16.4. The second-order valence-corrected chi connectivity index (χ2v) is 6.71. The van der Waals surface area contributed by atoms with E-state index in [1.807, 2.05) is 6.92 Å². The molecule has 7 nitrogen and oxygen atoms in total. The average Bonchev–Trinajstić information content (AvgIpc) is 3.15. The number of primary amides is 1. The highest BCUT2D eigenvalue weighted by Crippen LogP contribution is 2.48. The Morgan fingerprint density at radius 1 is 1.33 bits per heavy atom. The Bertz CT molecular complexity index is 703. The highest BCUT2D eigenvalue weighted by molar-refractivity contribution is 5.95. The fourth-order valence-electron chi connectivity index (χ4n) is 4.32. The maximum Gasteiger partial charge on any atom is 0.273 e.